The van der Waals surface area contributed by atoms with Crippen molar-refractivity contribution in [1.82, 2.24) is 4.90 Å². The maximum atomic E-state index is 12.8. The fourth-order valence-corrected chi connectivity index (χ4v) is 4.13. The van der Waals surface area contributed by atoms with Crippen molar-refractivity contribution >= 4 is 11.9 Å². The lowest BCUT2D eigenvalue weighted by atomic mass is 9.91. The summed E-state index contributed by atoms with van der Waals surface area (Å²) in [5, 5.41) is 9.49. The zero-order chi connectivity index (χ0) is 14.6. The van der Waals surface area contributed by atoms with Gasteiger partial charge >= 0.3 is 5.97 Å². The molecule has 1 N–H and O–H groups in total. The Morgan fingerprint density at radius 1 is 1.05 bits per heavy atom. The Labute approximate surface area is 123 Å². The third-order valence-corrected chi connectivity index (χ3v) is 5.41. The van der Waals surface area contributed by atoms with Crippen molar-refractivity contribution in [2.45, 2.75) is 38.3 Å². The first kappa shape index (κ1) is 12.9. The Balaban J connectivity index is 1.59. The van der Waals surface area contributed by atoms with Crippen molar-refractivity contribution in [2.75, 3.05) is 0 Å². The van der Waals surface area contributed by atoms with E-state index in [1.807, 2.05) is 24.3 Å². The first-order valence-electron chi connectivity index (χ1n) is 7.73. The molecule has 0 spiro atoms. The SMILES string of the molecule is O=C(O)C1Cc2ccccc2CN1C(=O)C1CC2CC2C1. The number of nitrogens with zero attached hydrogens (tertiary/aromatic N) is 1. The molecule has 0 aromatic heterocycles. The fourth-order valence-electron chi connectivity index (χ4n) is 4.13. The van der Waals surface area contributed by atoms with Gasteiger partial charge in [0.05, 0.1) is 0 Å². The molecule has 1 amide bonds. The zero-order valence-corrected chi connectivity index (χ0v) is 11.9. The molecule has 2 saturated carbocycles. The van der Waals surface area contributed by atoms with Gasteiger partial charge in [-0.1, -0.05) is 24.3 Å². The normalized spacial score (nSPS) is 33.2. The minimum atomic E-state index is -0.888. The van der Waals surface area contributed by atoms with E-state index in [0.29, 0.717) is 13.0 Å². The molecular weight excluding hydrogens is 266 g/mol. The van der Waals surface area contributed by atoms with Crippen LogP contribution in [0.25, 0.3) is 0 Å². The molecule has 3 aliphatic rings. The van der Waals surface area contributed by atoms with Crippen LogP contribution >= 0.6 is 0 Å². The molecule has 3 atom stereocenters. The van der Waals surface area contributed by atoms with Gasteiger partial charge in [-0.25, -0.2) is 4.79 Å². The van der Waals surface area contributed by atoms with Crippen molar-refractivity contribution in [3.8, 4) is 0 Å². The summed E-state index contributed by atoms with van der Waals surface area (Å²) in [6.07, 6.45) is 3.63. The third kappa shape index (κ3) is 2.13. The first-order chi connectivity index (χ1) is 10.1. The van der Waals surface area contributed by atoms with Gasteiger partial charge in [0.2, 0.25) is 5.91 Å². The van der Waals surface area contributed by atoms with Gasteiger partial charge in [-0.15, -0.1) is 0 Å². The van der Waals surface area contributed by atoms with E-state index >= 15 is 0 Å². The van der Waals surface area contributed by atoms with Crippen LogP contribution in [0.1, 0.15) is 30.4 Å². The van der Waals surface area contributed by atoms with Gasteiger partial charge in [0, 0.05) is 18.9 Å². The number of rotatable bonds is 2. The second kappa shape index (κ2) is 4.58. The summed E-state index contributed by atoms with van der Waals surface area (Å²) in [7, 11) is 0. The molecule has 2 fully saturated rings. The van der Waals surface area contributed by atoms with Crippen LogP contribution in [0.2, 0.25) is 0 Å². The second-order valence-electron chi connectivity index (χ2n) is 6.72. The predicted octanol–water partition coefficient (Wildman–Crippen LogP) is 2.07. The van der Waals surface area contributed by atoms with Crippen LogP contribution in [0.3, 0.4) is 0 Å². The highest BCUT2D eigenvalue weighted by molar-refractivity contribution is 5.86. The number of carbonyl (C=O) groups is 2. The molecule has 4 rings (SSSR count). The second-order valence-corrected chi connectivity index (χ2v) is 6.72. The highest BCUT2D eigenvalue weighted by Crippen LogP contribution is 2.54. The number of fused-ring (bicyclic) bond motifs is 2. The number of carboxylic acid groups (broad SMARTS) is 1. The van der Waals surface area contributed by atoms with Gasteiger partial charge in [0.1, 0.15) is 6.04 Å². The Hall–Kier alpha value is -1.84. The van der Waals surface area contributed by atoms with Crippen molar-refractivity contribution in [1.29, 1.82) is 0 Å². The molecule has 110 valence electrons. The maximum absolute atomic E-state index is 12.8. The molecule has 3 unspecified atom stereocenters. The molecule has 1 aliphatic heterocycles. The molecule has 0 radical (unpaired) electrons. The van der Waals surface area contributed by atoms with Gasteiger partial charge in [-0.3, -0.25) is 4.79 Å². The largest absolute Gasteiger partial charge is 0.480 e. The molecule has 1 aromatic rings. The molecule has 0 bridgehead atoms. The Kier molecular flexibility index (Phi) is 2.81. The van der Waals surface area contributed by atoms with Crippen molar-refractivity contribution in [3.05, 3.63) is 35.4 Å². The molecule has 21 heavy (non-hydrogen) atoms. The monoisotopic (exact) mass is 285 g/mol. The van der Waals surface area contributed by atoms with Gasteiger partial charge in [-0.2, -0.15) is 0 Å². The molecule has 2 aliphatic carbocycles. The average molecular weight is 285 g/mol. The lowest BCUT2D eigenvalue weighted by Crippen LogP contribution is -2.50. The number of amides is 1. The zero-order valence-electron chi connectivity index (χ0n) is 11.9. The van der Waals surface area contributed by atoms with E-state index < -0.39 is 12.0 Å². The topological polar surface area (TPSA) is 57.6 Å². The van der Waals surface area contributed by atoms with E-state index in [4.69, 9.17) is 0 Å². The lowest BCUT2D eigenvalue weighted by molar-refractivity contribution is -0.153. The van der Waals surface area contributed by atoms with Crippen LogP contribution in [0.5, 0.6) is 0 Å². The van der Waals surface area contributed by atoms with Crippen molar-refractivity contribution in [2.24, 2.45) is 17.8 Å². The van der Waals surface area contributed by atoms with Crippen LogP contribution in [0.4, 0.5) is 0 Å². The van der Waals surface area contributed by atoms with Crippen LogP contribution in [-0.4, -0.2) is 27.9 Å². The Morgan fingerprint density at radius 2 is 1.71 bits per heavy atom. The van der Waals surface area contributed by atoms with Crippen LogP contribution < -0.4 is 0 Å². The molecule has 0 saturated heterocycles. The van der Waals surface area contributed by atoms with Crippen molar-refractivity contribution in [3.63, 3.8) is 0 Å². The van der Waals surface area contributed by atoms with Gasteiger partial charge in [0.25, 0.3) is 0 Å². The van der Waals surface area contributed by atoms with Crippen LogP contribution in [0.15, 0.2) is 24.3 Å². The first-order valence-corrected chi connectivity index (χ1v) is 7.73. The van der Waals surface area contributed by atoms with Gasteiger partial charge < -0.3 is 10.0 Å². The van der Waals surface area contributed by atoms with E-state index in [1.54, 1.807) is 4.90 Å². The number of hydrogen-bond donors (Lipinski definition) is 1. The standard InChI is InChI=1S/C17H19NO3/c19-16(14-6-12-5-13(12)7-14)18-9-11-4-2-1-3-10(11)8-15(18)17(20)21/h1-4,12-15H,5-9H2,(H,20,21). The van der Waals surface area contributed by atoms with E-state index in [9.17, 15) is 14.7 Å². The number of carbonyl (C=O) groups excluding carboxylic acids is 1. The van der Waals surface area contributed by atoms with E-state index in [-0.39, 0.29) is 11.8 Å². The number of carboxylic acids is 1. The minimum absolute atomic E-state index is 0.0564. The summed E-state index contributed by atoms with van der Waals surface area (Å²) >= 11 is 0. The average Bonchev–Trinajstić information content (AvgIpc) is 3.11. The van der Waals surface area contributed by atoms with E-state index in [0.717, 1.165) is 35.8 Å². The lowest BCUT2D eigenvalue weighted by Gasteiger charge is -2.36. The number of hydrogen-bond acceptors (Lipinski definition) is 2. The summed E-state index contributed by atoms with van der Waals surface area (Å²) in [4.78, 5) is 25.9. The molecule has 1 heterocycles. The quantitative estimate of drug-likeness (QED) is 0.905. The molecular formula is C17H19NO3. The smallest absolute Gasteiger partial charge is 0.326 e. The maximum Gasteiger partial charge on any atom is 0.326 e. The van der Waals surface area contributed by atoms with Crippen molar-refractivity contribution < 1.29 is 14.7 Å². The summed E-state index contributed by atoms with van der Waals surface area (Å²) in [6, 6.07) is 7.15. The van der Waals surface area contributed by atoms with Gasteiger partial charge in [0.15, 0.2) is 0 Å². The third-order valence-electron chi connectivity index (χ3n) is 5.41. The Bertz CT molecular complexity index is 602. The van der Waals surface area contributed by atoms with E-state index in [2.05, 4.69) is 0 Å². The summed E-state index contributed by atoms with van der Waals surface area (Å²) in [5.74, 6) is 0.699. The Morgan fingerprint density at radius 3 is 2.38 bits per heavy atom. The minimum Gasteiger partial charge on any atom is -0.480 e. The fraction of sp³-hybridized carbons (Fsp3) is 0.529. The summed E-state index contributed by atoms with van der Waals surface area (Å²) in [5.41, 5.74) is 2.15. The number of benzene rings is 1. The summed E-state index contributed by atoms with van der Waals surface area (Å²) in [6.45, 7) is 0.442. The number of aliphatic carboxylic acids is 1. The highest BCUT2D eigenvalue weighted by atomic mass is 16.4. The molecule has 1 aromatic carbocycles. The summed E-state index contributed by atoms with van der Waals surface area (Å²) < 4.78 is 0. The van der Waals surface area contributed by atoms with Gasteiger partial charge in [-0.05, 0) is 42.2 Å². The highest BCUT2D eigenvalue weighted by Gasteiger charge is 2.50. The van der Waals surface area contributed by atoms with Crippen LogP contribution in [-0.2, 0) is 22.6 Å². The molecule has 4 heteroatoms. The predicted molar refractivity (Wildman–Crippen MR) is 76.4 cm³/mol. The molecule has 4 nitrogen and oxygen atoms in total. The van der Waals surface area contributed by atoms with Crippen LogP contribution in [0, 0.1) is 17.8 Å². The van der Waals surface area contributed by atoms with E-state index in [1.165, 1.54) is 6.42 Å².